The highest BCUT2D eigenvalue weighted by molar-refractivity contribution is 7.17. The van der Waals surface area contributed by atoms with Crippen molar-refractivity contribution in [1.82, 2.24) is 19.9 Å². The highest BCUT2D eigenvalue weighted by Gasteiger charge is 2.22. The molecule has 128 valence electrons. The number of pyridine rings is 1. The summed E-state index contributed by atoms with van der Waals surface area (Å²) in [5.41, 5.74) is 2.85. The summed E-state index contributed by atoms with van der Waals surface area (Å²) in [5, 5.41) is 11.2. The molecule has 1 amide bonds. The van der Waals surface area contributed by atoms with Crippen LogP contribution >= 0.6 is 11.3 Å². The molecule has 0 spiro atoms. The number of fused-ring (bicyclic) bond motifs is 4. The maximum absolute atomic E-state index is 12.6. The van der Waals surface area contributed by atoms with Crippen molar-refractivity contribution in [2.75, 3.05) is 0 Å². The maximum atomic E-state index is 12.6. The smallest absolute Gasteiger partial charge is 0.261 e. The second-order valence-corrected chi connectivity index (χ2v) is 7.03. The van der Waals surface area contributed by atoms with Crippen molar-refractivity contribution in [1.29, 1.82) is 0 Å². The van der Waals surface area contributed by atoms with E-state index in [0.717, 1.165) is 27.4 Å². The van der Waals surface area contributed by atoms with Gasteiger partial charge in [-0.1, -0.05) is 18.2 Å². The zero-order valence-corrected chi connectivity index (χ0v) is 14.5. The van der Waals surface area contributed by atoms with Crippen molar-refractivity contribution in [3.63, 3.8) is 0 Å². The molecule has 5 rings (SSSR count). The van der Waals surface area contributed by atoms with E-state index in [-0.39, 0.29) is 5.91 Å². The number of aromatic nitrogens is 3. The van der Waals surface area contributed by atoms with Gasteiger partial charge in [0.2, 0.25) is 0 Å². The summed E-state index contributed by atoms with van der Waals surface area (Å²) < 4.78 is 7.63. The minimum absolute atomic E-state index is 0.116. The molecule has 0 saturated heterocycles. The van der Waals surface area contributed by atoms with Crippen LogP contribution in [0.3, 0.4) is 0 Å². The highest BCUT2D eigenvalue weighted by Crippen LogP contribution is 2.42. The summed E-state index contributed by atoms with van der Waals surface area (Å²) in [6.45, 7) is 0.810. The summed E-state index contributed by atoms with van der Waals surface area (Å²) >= 11 is 1.49. The number of hydrogen-bond acceptors (Lipinski definition) is 5. The fourth-order valence-corrected chi connectivity index (χ4v) is 4.18. The lowest BCUT2D eigenvalue weighted by atomic mass is 10.1. The van der Waals surface area contributed by atoms with Crippen LogP contribution in [0.15, 0.2) is 54.7 Å². The van der Waals surface area contributed by atoms with Crippen LogP contribution in [-0.4, -0.2) is 20.5 Å². The number of benzene rings is 1. The van der Waals surface area contributed by atoms with Crippen LogP contribution in [0.2, 0.25) is 0 Å². The van der Waals surface area contributed by atoms with Gasteiger partial charge in [-0.3, -0.25) is 9.20 Å². The van der Waals surface area contributed by atoms with Gasteiger partial charge in [0.05, 0.1) is 11.4 Å². The number of para-hydroxylation sites is 1. The van der Waals surface area contributed by atoms with Gasteiger partial charge >= 0.3 is 0 Å². The summed E-state index contributed by atoms with van der Waals surface area (Å²) in [6, 6.07) is 15.5. The van der Waals surface area contributed by atoms with Crippen molar-refractivity contribution < 1.29 is 9.53 Å². The summed E-state index contributed by atoms with van der Waals surface area (Å²) in [7, 11) is 0. The third-order valence-corrected chi connectivity index (χ3v) is 5.55. The van der Waals surface area contributed by atoms with Crippen molar-refractivity contribution in [3.05, 3.63) is 71.0 Å². The Kier molecular flexibility index (Phi) is 3.46. The molecule has 1 N–H and O–H groups in total. The largest absolute Gasteiger partial charge is 0.488 e. The zero-order chi connectivity index (χ0) is 17.5. The molecule has 0 atom stereocenters. The van der Waals surface area contributed by atoms with Gasteiger partial charge < -0.3 is 10.1 Å². The first-order valence-corrected chi connectivity index (χ1v) is 9.03. The Hall–Kier alpha value is -3.19. The Labute approximate surface area is 153 Å². The van der Waals surface area contributed by atoms with E-state index in [1.807, 2.05) is 59.1 Å². The maximum Gasteiger partial charge on any atom is 0.261 e. The molecule has 3 aromatic heterocycles. The Morgan fingerprint density at radius 1 is 1.19 bits per heavy atom. The normalized spacial score (nSPS) is 12.3. The van der Waals surface area contributed by atoms with Crippen molar-refractivity contribution in [2.45, 2.75) is 13.2 Å². The number of nitrogens with one attached hydrogen (secondary N) is 1. The van der Waals surface area contributed by atoms with Crippen LogP contribution in [-0.2, 0) is 13.2 Å². The molecule has 0 aliphatic carbocycles. The number of ether oxygens (including phenoxy) is 1. The Morgan fingerprint density at radius 2 is 2.08 bits per heavy atom. The quantitative estimate of drug-likeness (QED) is 0.607. The van der Waals surface area contributed by atoms with Crippen LogP contribution < -0.4 is 10.1 Å². The Morgan fingerprint density at radius 3 is 3.04 bits per heavy atom. The van der Waals surface area contributed by atoms with Gasteiger partial charge in [0.15, 0.2) is 11.5 Å². The third kappa shape index (κ3) is 2.44. The lowest BCUT2D eigenvalue weighted by Gasteiger charge is -2.16. The van der Waals surface area contributed by atoms with Gasteiger partial charge in [0.1, 0.15) is 12.4 Å². The standard InChI is InChI=1S/C19H14N4O2S/c24-19(20-10-17-22-21-16-7-3-4-8-23(16)17)15-9-12-11-25-14-6-2-1-5-13(14)18(12)26-15/h1-9H,10-11H2,(H,20,24). The van der Waals surface area contributed by atoms with Crippen molar-refractivity contribution in [2.24, 2.45) is 0 Å². The van der Waals surface area contributed by atoms with E-state index in [1.165, 1.54) is 11.3 Å². The van der Waals surface area contributed by atoms with Crippen LogP contribution in [0.1, 0.15) is 21.1 Å². The SMILES string of the molecule is O=C(NCc1nnc2ccccn12)c1cc2c(s1)-c1ccccc1OC2. The van der Waals surface area contributed by atoms with E-state index in [4.69, 9.17) is 4.74 Å². The molecule has 1 aromatic carbocycles. The van der Waals surface area contributed by atoms with Gasteiger partial charge in [-0.15, -0.1) is 21.5 Å². The average molecular weight is 362 g/mol. The fourth-order valence-electron chi connectivity index (χ4n) is 3.07. The molecule has 0 fully saturated rings. The van der Waals surface area contributed by atoms with Crippen LogP contribution in [0.5, 0.6) is 5.75 Å². The molecular weight excluding hydrogens is 348 g/mol. The van der Waals surface area contributed by atoms with Crippen LogP contribution in [0.25, 0.3) is 16.1 Å². The van der Waals surface area contributed by atoms with Gasteiger partial charge in [-0.2, -0.15) is 0 Å². The van der Waals surface area contributed by atoms with Crippen molar-refractivity contribution in [3.8, 4) is 16.2 Å². The first-order chi connectivity index (χ1) is 12.8. The van der Waals surface area contributed by atoms with Gasteiger partial charge in [-0.05, 0) is 30.3 Å². The fraction of sp³-hybridized carbons (Fsp3) is 0.105. The van der Waals surface area contributed by atoms with E-state index < -0.39 is 0 Å². The van der Waals surface area contributed by atoms with E-state index in [2.05, 4.69) is 15.5 Å². The first kappa shape index (κ1) is 15.1. The molecular formula is C19H14N4O2S. The molecule has 0 unspecified atom stereocenters. The molecule has 0 bridgehead atoms. The van der Waals surface area contributed by atoms with Crippen molar-refractivity contribution >= 4 is 22.9 Å². The topological polar surface area (TPSA) is 68.5 Å². The molecule has 26 heavy (non-hydrogen) atoms. The lowest BCUT2D eigenvalue weighted by molar-refractivity contribution is 0.0953. The summed E-state index contributed by atoms with van der Waals surface area (Å²) in [6.07, 6.45) is 1.88. The number of carbonyl (C=O) groups is 1. The molecule has 4 heterocycles. The molecule has 1 aliphatic heterocycles. The predicted octanol–water partition coefficient (Wildman–Crippen LogP) is 3.28. The Bertz CT molecular complexity index is 1130. The van der Waals surface area contributed by atoms with E-state index in [1.54, 1.807) is 0 Å². The monoisotopic (exact) mass is 362 g/mol. The van der Waals surface area contributed by atoms with Crippen LogP contribution in [0.4, 0.5) is 0 Å². The highest BCUT2D eigenvalue weighted by atomic mass is 32.1. The zero-order valence-electron chi connectivity index (χ0n) is 13.7. The molecule has 0 radical (unpaired) electrons. The van der Waals surface area contributed by atoms with E-state index in [9.17, 15) is 4.79 Å². The number of nitrogens with zero attached hydrogens (tertiary/aromatic N) is 3. The van der Waals surface area contributed by atoms with Gasteiger partial charge in [-0.25, -0.2) is 0 Å². The number of rotatable bonds is 3. The number of carbonyl (C=O) groups excluding carboxylic acids is 1. The van der Waals surface area contributed by atoms with E-state index >= 15 is 0 Å². The number of amides is 1. The summed E-state index contributed by atoms with van der Waals surface area (Å²) in [4.78, 5) is 14.4. The molecule has 4 aromatic rings. The molecule has 7 heteroatoms. The minimum atomic E-state index is -0.116. The molecule has 0 saturated carbocycles. The van der Waals surface area contributed by atoms with Gasteiger partial charge in [0, 0.05) is 22.2 Å². The number of hydrogen-bond donors (Lipinski definition) is 1. The average Bonchev–Trinajstić information content (AvgIpc) is 3.30. The van der Waals surface area contributed by atoms with Crippen LogP contribution in [0, 0.1) is 0 Å². The second kappa shape index (κ2) is 5.96. The second-order valence-electron chi connectivity index (χ2n) is 5.98. The number of thiophene rings is 1. The Balaban J connectivity index is 1.38. The summed E-state index contributed by atoms with van der Waals surface area (Å²) in [5.74, 6) is 1.45. The third-order valence-electron chi connectivity index (χ3n) is 4.34. The molecule has 6 nitrogen and oxygen atoms in total. The van der Waals surface area contributed by atoms with E-state index in [0.29, 0.717) is 23.9 Å². The minimum Gasteiger partial charge on any atom is -0.488 e. The lowest BCUT2D eigenvalue weighted by Crippen LogP contribution is -2.23. The van der Waals surface area contributed by atoms with Gasteiger partial charge in [0.25, 0.3) is 5.91 Å². The first-order valence-electron chi connectivity index (χ1n) is 8.21. The predicted molar refractivity (Wildman–Crippen MR) is 98.2 cm³/mol. The molecule has 1 aliphatic rings.